The largest absolute Gasteiger partial charge is 0.451 e. The van der Waals surface area contributed by atoms with Gasteiger partial charge < -0.3 is 9.32 Å². The fourth-order valence-electron chi connectivity index (χ4n) is 3.09. The van der Waals surface area contributed by atoms with Gasteiger partial charge in [0.1, 0.15) is 5.58 Å². The molecule has 1 amide bonds. The van der Waals surface area contributed by atoms with Crippen LogP contribution < -0.4 is 0 Å². The van der Waals surface area contributed by atoms with Crippen LogP contribution in [0, 0.1) is 6.92 Å². The molecule has 2 aromatic rings. The molecule has 0 bridgehead atoms. The zero-order chi connectivity index (χ0) is 17.5. The normalized spacial score (nSPS) is 19.5. The number of furan rings is 1. The first kappa shape index (κ1) is 17.0. The van der Waals surface area contributed by atoms with Gasteiger partial charge in [-0.15, -0.1) is 6.58 Å². The second-order valence-corrected chi connectivity index (χ2v) is 8.66. The van der Waals surface area contributed by atoms with Crippen molar-refractivity contribution in [3.05, 3.63) is 47.2 Å². The van der Waals surface area contributed by atoms with E-state index in [4.69, 9.17) is 16.0 Å². The number of carbonyl (C=O) groups is 1. The van der Waals surface area contributed by atoms with Crippen LogP contribution in [0.3, 0.4) is 0 Å². The zero-order valence-electron chi connectivity index (χ0n) is 13.3. The van der Waals surface area contributed by atoms with Crippen LogP contribution in [0.15, 0.2) is 35.3 Å². The van der Waals surface area contributed by atoms with Gasteiger partial charge in [0, 0.05) is 28.6 Å². The van der Waals surface area contributed by atoms with Crippen molar-refractivity contribution in [1.29, 1.82) is 0 Å². The molecule has 3 rings (SSSR count). The SMILES string of the molecule is C=CCN(C(=O)c1oc2ccc(Cl)cc2c1C)C1CCS(=O)(=O)C1. The van der Waals surface area contributed by atoms with Gasteiger partial charge in [-0.1, -0.05) is 17.7 Å². The molecule has 0 saturated carbocycles. The van der Waals surface area contributed by atoms with Crippen LogP contribution in [0.25, 0.3) is 11.0 Å². The number of hydrogen-bond acceptors (Lipinski definition) is 4. The van der Waals surface area contributed by atoms with Crippen molar-refractivity contribution in [3.63, 3.8) is 0 Å². The predicted molar refractivity (Wildman–Crippen MR) is 94.3 cm³/mol. The number of halogens is 1. The number of nitrogens with zero attached hydrogens (tertiary/aromatic N) is 1. The van der Waals surface area contributed by atoms with E-state index in [0.717, 1.165) is 5.39 Å². The highest BCUT2D eigenvalue weighted by molar-refractivity contribution is 7.91. The first-order valence-corrected chi connectivity index (χ1v) is 9.83. The van der Waals surface area contributed by atoms with E-state index in [-0.39, 0.29) is 35.8 Å². The summed E-state index contributed by atoms with van der Waals surface area (Å²) in [5, 5.41) is 1.35. The summed E-state index contributed by atoms with van der Waals surface area (Å²) in [6, 6.07) is 4.83. The Bertz CT molecular complexity index is 916. The third-order valence-corrected chi connectivity index (χ3v) is 6.31. The maximum atomic E-state index is 13.0. The minimum absolute atomic E-state index is 0.0162. The van der Waals surface area contributed by atoms with E-state index in [1.54, 1.807) is 31.2 Å². The number of rotatable bonds is 4. The standard InChI is InChI=1S/C17H18ClNO4S/c1-3-7-19(13-6-8-24(21,22)10-13)17(20)16-11(2)14-9-12(18)4-5-15(14)23-16/h3-5,9,13H,1,6-8,10H2,2H3. The number of sulfone groups is 1. The monoisotopic (exact) mass is 367 g/mol. The molecule has 0 radical (unpaired) electrons. The van der Waals surface area contributed by atoms with Crippen molar-refractivity contribution < 1.29 is 17.6 Å². The maximum Gasteiger partial charge on any atom is 0.290 e. The third-order valence-electron chi connectivity index (χ3n) is 4.33. The van der Waals surface area contributed by atoms with Crippen molar-refractivity contribution in [2.45, 2.75) is 19.4 Å². The summed E-state index contributed by atoms with van der Waals surface area (Å²) >= 11 is 6.01. The highest BCUT2D eigenvalue weighted by atomic mass is 35.5. The smallest absolute Gasteiger partial charge is 0.290 e. The second-order valence-electron chi connectivity index (χ2n) is 6.00. The van der Waals surface area contributed by atoms with Crippen LogP contribution in [0.5, 0.6) is 0 Å². The number of fused-ring (bicyclic) bond motifs is 1. The molecule has 0 spiro atoms. The molecule has 1 saturated heterocycles. The van der Waals surface area contributed by atoms with Crippen LogP contribution in [0.2, 0.25) is 5.02 Å². The molecule has 1 aromatic carbocycles. The Hall–Kier alpha value is -1.79. The van der Waals surface area contributed by atoms with Crippen LogP contribution >= 0.6 is 11.6 Å². The van der Waals surface area contributed by atoms with E-state index in [1.807, 2.05) is 0 Å². The molecule has 0 aliphatic carbocycles. The molecule has 1 fully saturated rings. The lowest BCUT2D eigenvalue weighted by Crippen LogP contribution is -2.41. The summed E-state index contributed by atoms with van der Waals surface area (Å²) in [7, 11) is -3.09. The number of hydrogen-bond donors (Lipinski definition) is 0. The van der Waals surface area contributed by atoms with Gasteiger partial charge in [0.05, 0.1) is 11.5 Å². The first-order valence-electron chi connectivity index (χ1n) is 7.63. The molecule has 1 aliphatic heterocycles. The first-order chi connectivity index (χ1) is 11.3. The number of benzene rings is 1. The molecule has 128 valence electrons. The highest BCUT2D eigenvalue weighted by Crippen LogP contribution is 2.30. The summed E-state index contributed by atoms with van der Waals surface area (Å²) in [5.41, 5.74) is 1.28. The number of amides is 1. The van der Waals surface area contributed by atoms with Gasteiger partial charge in [-0.25, -0.2) is 8.42 Å². The van der Waals surface area contributed by atoms with Gasteiger partial charge >= 0.3 is 0 Å². The lowest BCUT2D eigenvalue weighted by Gasteiger charge is -2.26. The minimum atomic E-state index is -3.09. The van der Waals surface area contributed by atoms with Crippen LogP contribution in [-0.2, 0) is 9.84 Å². The van der Waals surface area contributed by atoms with Crippen molar-refractivity contribution in [3.8, 4) is 0 Å². The summed E-state index contributed by atoms with van der Waals surface area (Å²) in [6.07, 6.45) is 2.03. The van der Waals surface area contributed by atoms with Gasteiger partial charge in [-0.2, -0.15) is 0 Å². The molecular weight excluding hydrogens is 350 g/mol. The number of carbonyl (C=O) groups excluding carboxylic acids is 1. The van der Waals surface area contributed by atoms with Crippen molar-refractivity contribution in [2.75, 3.05) is 18.1 Å². The van der Waals surface area contributed by atoms with Crippen molar-refractivity contribution in [2.24, 2.45) is 0 Å². The maximum absolute atomic E-state index is 13.0. The molecule has 1 aliphatic rings. The van der Waals surface area contributed by atoms with Gasteiger partial charge in [0.15, 0.2) is 15.6 Å². The van der Waals surface area contributed by atoms with E-state index in [9.17, 15) is 13.2 Å². The lowest BCUT2D eigenvalue weighted by atomic mass is 10.1. The van der Waals surface area contributed by atoms with Gasteiger partial charge in [0.25, 0.3) is 5.91 Å². The molecular formula is C17H18ClNO4S. The lowest BCUT2D eigenvalue weighted by molar-refractivity contribution is 0.0689. The summed E-state index contributed by atoms with van der Waals surface area (Å²) in [6.45, 7) is 5.74. The Labute approximate surface area is 145 Å². The van der Waals surface area contributed by atoms with E-state index in [2.05, 4.69) is 6.58 Å². The Morgan fingerprint density at radius 1 is 1.50 bits per heavy atom. The van der Waals surface area contributed by atoms with E-state index >= 15 is 0 Å². The molecule has 2 heterocycles. The van der Waals surface area contributed by atoms with Crippen LogP contribution in [0.1, 0.15) is 22.5 Å². The predicted octanol–water partition coefficient (Wildman–Crippen LogP) is 3.21. The fraction of sp³-hybridized carbons (Fsp3) is 0.353. The number of aryl methyl sites for hydroxylation is 1. The minimum Gasteiger partial charge on any atom is -0.451 e. The fourth-order valence-corrected chi connectivity index (χ4v) is 4.99. The highest BCUT2D eigenvalue weighted by Gasteiger charge is 2.36. The Kier molecular flexibility index (Phi) is 4.44. The van der Waals surface area contributed by atoms with Crippen molar-refractivity contribution in [1.82, 2.24) is 4.90 Å². The van der Waals surface area contributed by atoms with Gasteiger partial charge in [-0.3, -0.25) is 4.79 Å². The second kappa shape index (κ2) is 6.26. The average molecular weight is 368 g/mol. The molecule has 24 heavy (non-hydrogen) atoms. The molecule has 7 heteroatoms. The average Bonchev–Trinajstić information content (AvgIpc) is 3.04. The van der Waals surface area contributed by atoms with Gasteiger partial charge in [-0.05, 0) is 31.5 Å². The molecule has 1 atom stereocenters. The molecule has 0 N–H and O–H groups in total. The quantitative estimate of drug-likeness (QED) is 0.778. The van der Waals surface area contributed by atoms with E-state index < -0.39 is 9.84 Å². The molecule has 1 unspecified atom stereocenters. The van der Waals surface area contributed by atoms with E-state index in [1.165, 1.54) is 4.90 Å². The van der Waals surface area contributed by atoms with Gasteiger partial charge in [0.2, 0.25) is 0 Å². The van der Waals surface area contributed by atoms with Crippen LogP contribution in [0.4, 0.5) is 0 Å². The van der Waals surface area contributed by atoms with Crippen LogP contribution in [-0.4, -0.2) is 43.3 Å². The van der Waals surface area contributed by atoms with Crippen molar-refractivity contribution >= 4 is 38.3 Å². The molecule has 1 aromatic heterocycles. The Morgan fingerprint density at radius 2 is 2.25 bits per heavy atom. The topological polar surface area (TPSA) is 67.6 Å². The zero-order valence-corrected chi connectivity index (χ0v) is 14.9. The third kappa shape index (κ3) is 3.08. The summed E-state index contributed by atoms with van der Waals surface area (Å²) in [5.74, 6) is -0.00871. The Balaban J connectivity index is 1.99. The summed E-state index contributed by atoms with van der Waals surface area (Å²) in [4.78, 5) is 14.5. The summed E-state index contributed by atoms with van der Waals surface area (Å²) < 4.78 is 29.2. The Morgan fingerprint density at radius 3 is 2.88 bits per heavy atom. The molecule has 5 nitrogen and oxygen atoms in total. The van der Waals surface area contributed by atoms with E-state index in [0.29, 0.717) is 22.6 Å².